The maximum absolute atomic E-state index is 13.0. The van der Waals surface area contributed by atoms with Gasteiger partial charge in [0.05, 0.1) is 37.6 Å². The number of carbonyl (C=O) groups is 3. The van der Waals surface area contributed by atoms with E-state index in [9.17, 15) is 14.4 Å². The number of esters is 1. The van der Waals surface area contributed by atoms with Crippen molar-refractivity contribution in [2.45, 2.75) is 33.7 Å². The number of aromatic nitrogens is 1. The van der Waals surface area contributed by atoms with E-state index in [2.05, 4.69) is 10.3 Å². The van der Waals surface area contributed by atoms with E-state index in [1.54, 1.807) is 71.0 Å². The van der Waals surface area contributed by atoms with Crippen molar-refractivity contribution in [1.82, 2.24) is 9.88 Å². The number of Topliss-reactive ketones (excluding diaryl/α,β-unsaturated/α-hetero) is 1. The summed E-state index contributed by atoms with van der Waals surface area (Å²) in [5, 5.41) is 2.79. The highest BCUT2D eigenvalue weighted by atomic mass is 16.5. The van der Waals surface area contributed by atoms with Crippen molar-refractivity contribution < 1.29 is 23.9 Å². The molecule has 0 saturated carbocycles. The number of amides is 1. The molecular formula is C22H29N3O5. The number of nitrogens with one attached hydrogen (secondary N) is 2. The molecule has 1 aromatic heterocycles. The third-order valence-electron chi connectivity index (χ3n) is 4.95. The molecule has 0 spiro atoms. The number of likely N-dealkylation sites (N-methyl/N-ethyl adjacent to an activating group) is 1. The second-order valence-electron chi connectivity index (χ2n) is 7.08. The number of benzene rings is 1. The van der Waals surface area contributed by atoms with Gasteiger partial charge in [0, 0.05) is 17.4 Å². The number of ether oxygens (including phenoxy) is 2. The summed E-state index contributed by atoms with van der Waals surface area (Å²) in [6.07, 6.45) is 0. The van der Waals surface area contributed by atoms with Crippen molar-refractivity contribution >= 4 is 23.3 Å². The number of hydrogen-bond donors (Lipinski definition) is 2. The zero-order chi connectivity index (χ0) is 22.4. The minimum atomic E-state index is -0.576. The molecule has 1 atom stereocenters. The standard InChI is InChI=1S/C22H29N3O5/c1-7-30-22(28)19-13(2)20(23-14(19)3)21(27)15(4)25(5)12-18(26)24-16-9-8-10-17(11-16)29-6/h8-11,15,23H,7,12H2,1-6H3,(H,24,26)/t15-/m0/s1. The Morgan fingerprint density at radius 2 is 1.93 bits per heavy atom. The molecule has 0 aliphatic rings. The van der Waals surface area contributed by atoms with Crippen LogP contribution in [0.25, 0.3) is 0 Å². The first-order chi connectivity index (χ1) is 14.2. The van der Waals surface area contributed by atoms with Crippen LogP contribution in [0, 0.1) is 13.8 Å². The van der Waals surface area contributed by atoms with Gasteiger partial charge in [0.25, 0.3) is 0 Å². The molecule has 162 valence electrons. The molecule has 30 heavy (non-hydrogen) atoms. The molecule has 0 aliphatic heterocycles. The number of rotatable bonds is 9. The lowest BCUT2D eigenvalue weighted by Gasteiger charge is -2.23. The molecule has 8 heteroatoms. The smallest absolute Gasteiger partial charge is 0.340 e. The first kappa shape index (κ1) is 23.2. The van der Waals surface area contributed by atoms with Gasteiger partial charge in [-0.05, 0) is 52.4 Å². The molecule has 0 aliphatic carbocycles. The summed E-state index contributed by atoms with van der Waals surface area (Å²) in [4.78, 5) is 42.2. The quantitative estimate of drug-likeness (QED) is 0.482. The summed E-state index contributed by atoms with van der Waals surface area (Å²) in [6, 6.07) is 6.47. The van der Waals surface area contributed by atoms with E-state index >= 15 is 0 Å². The maximum atomic E-state index is 13.0. The van der Waals surface area contributed by atoms with Crippen LogP contribution >= 0.6 is 0 Å². The number of aromatic amines is 1. The summed E-state index contributed by atoms with van der Waals surface area (Å²) in [5.74, 6) is -0.277. The van der Waals surface area contributed by atoms with Crippen LogP contribution in [-0.2, 0) is 9.53 Å². The van der Waals surface area contributed by atoms with E-state index < -0.39 is 12.0 Å². The van der Waals surface area contributed by atoms with Gasteiger partial charge in [-0.3, -0.25) is 14.5 Å². The monoisotopic (exact) mass is 415 g/mol. The van der Waals surface area contributed by atoms with Crippen LogP contribution in [0.5, 0.6) is 5.75 Å². The number of H-pyrrole nitrogens is 1. The molecule has 1 amide bonds. The summed E-state index contributed by atoms with van der Waals surface area (Å²) in [7, 11) is 3.25. The van der Waals surface area contributed by atoms with Gasteiger partial charge in [-0.25, -0.2) is 4.79 Å². The molecule has 0 saturated heterocycles. The molecule has 1 aromatic carbocycles. The van der Waals surface area contributed by atoms with E-state index in [1.165, 1.54) is 0 Å². The number of methoxy groups -OCH3 is 1. The van der Waals surface area contributed by atoms with Gasteiger partial charge in [-0.15, -0.1) is 0 Å². The van der Waals surface area contributed by atoms with E-state index in [4.69, 9.17) is 9.47 Å². The molecular weight excluding hydrogens is 386 g/mol. The molecule has 8 nitrogen and oxygen atoms in total. The van der Waals surface area contributed by atoms with Crippen LogP contribution in [0.1, 0.15) is 46.0 Å². The first-order valence-corrected chi connectivity index (χ1v) is 9.74. The summed E-state index contributed by atoms with van der Waals surface area (Å²) in [5.41, 5.74) is 2.48. The number of anilines is 1. The average Bonchev–Trinajstić information content (AvgIpc) is 3.01. The summed E-state index contributed by atoms with van der Waals surface area (Å²) in [6.45, 7) is 7.17. The van der Waals surface area contributed by atoms with E-state index in [-0.39, 0.29) is 24.8 Å². The van der Waals surface area contributed by atoms with Gasteiger partial charge in [-0.2, -0.15) is 0 Å². The SMILES string of the molecule is CCOC(=O)c1c(C)[nH]c(C(=O)[C@H](C)N(C)CC(=O)Nc2cccc(OC)c2)c1C. The molecule has 2 rings (SSSR count). The fourth-order valence-corrected chi connectivity index (χ4v) is 3.18. The minimum absolute atomic E-state index is 0.0214. The highest BCUT2D eigenvalue weighted by molar-refractivity contribution is 6.04. The van der Waals surface area contributed by atoms with Crippen molar-refractivity contribution in [3.63, 3.8) is 0 Å². The third kappa shape index (κ3) is 5.27. The van der Waals surface area contributed by atoms with Crippen LogP contribution in [0.3, 0.4) is 0 Å². The highest BCUT2D eigenvalue weighted by Crippen LogP contribution is 2.21. The van der Waals surface area contributed by atoms with Crippen LogP contribution in [0.4, 0.5) is 5.69 Å². The minimum Gasteiger partial charge on any atom is -0.497 e. The van der Waals surface area contributed by atoms with Gasteiger partial charge in [0.2, 0.25) is 5.91 Å². The molecule has 0 unspecified atom stereocenters. The third-order valence-corrected chi connectivity index (χ3v) is 4.95. The Bertz CT molecular complexity index is 935. The van der Waals surface area contributed by atoms with Crippen molar-refractivity contribution in [2.24, 2.45) is 0 Å². The fraction of sp³-hybridized carbons (Fsp3) is 0.409. The van der Waals surface area contributed by atoms with Gasteiger partial charge in [-0.1, -0.05) is 6.07 Å². The Kier molecular flexibility index (Phi) is 7.77. The largest absolute Gasteiger partial charge is 0.497 e. The number of carbonyl (C=O) groups excluding carboxylic acids is 3. The lowest BCUT2D eigenvalue weighted by molar-refractivity contribution is -0.117. The van der Waals surface area contributed by atoms with E-state index in [1.807, 2.05) is 0 Å². The predicted octanol–water partition coefficient (Wildman–Crippen LogP) is 2.96. The molecule has 0 radical (unpaired) electrons. The Hall–Kier alpha value is -3.13. The zero-order valence-electron chi connectivity index (χ0n) is 18.3. The second kappa shape index (κ2) is 10.1. The number of nitrogens with zero attached hydrogens (tertiary/aromatic N) is 1. The van der Waals surface area contributed by atoms with Gasteiger partial charge in [0.1, 0.15) is 5.75 Å². The Morgan fingerprint density at radius 3 is 2.57 bits per heavy atom. The van der Waals surface area contributed by atoms with Crippen LogP contribution < -0.4 is 10.1 Å². The zero-order valence-corrected chi connectivity index (χ0v) is 18.3. The predicted molar refractivity (Wildman–Crippen MR) is 114 cm³/mol. The maximum Gasteiger partial charge on any atom is 0.340 e. The molecule has 0 bridgehead atoms. The topological polar surface area (TPSA) is 101 Å². The normalized spacial score (nSPS) is 11.8. The molecule has 1 heterocycles. The van der Waals surface area contributed by atoms with Crippen molar-refractivity contribution in [1.29, 1.82) is 0 Å². The molecule has 2 N–H and O–H groups in total. The number of aryl methyl sites for hydroxylation is 1. The Balaban J connectivity index is 2.07. The second-order valence-corrected chi connectivity index (χ2v) is 7.08. The Labute approximate surface area is 176 Å². The van der Waals surface area contributed by atoms with E-state index in [0.717, 1.165) is 0 Å². The highest BCUT2D eigenvalue weighted by Gasteiger charge is 2.28. The van der Waals surface area contributed by atoms with Gasteiger partial charge >= 0.3 is 5.97 Å². The van der Waals surface area contributed by atoms with Crippen molar-refractivity contribution in [2.75, 3.05) is 32.6 Å². The van der Waals surface area contributed by atoms with Gasteiger partial charge in [0.15, 0.2) is 5.78 Å². The van der Waals surface area contributed by atoms with Gasteiger partial charge < -0.3 is 19.8 Å². The summed E-state index contributed by atoms with van der Waals surface area (Å²) < 4.78 is 10.2. The molecule has 0 fully saturated rings. The number of hydrogen-bond acceptors (Lipinski definition) is 6. The number of ketones is 1. The fourth-order valence-electron chi connectivity index (χ4n) is 3.18. The van der Waals surface area contributed by atoms with Crippen LogP contribution in [-0.4, -0.2) is 60.9 Å². The van der Waals surface area contributed by atoms with Crippen LogP contribution in [0.15, 0.2) is 24.3 Å². The van der Waals surface area contributed by atoms with Crippen molar-refractivity contribution in [3.05, 3.63) is 46.8 Å². The lowest BCUT2D eigenvalue weighted by atomic mass is 10.0. The summed E-state index contributed by atoms with van der Waals surface area (Å²) >= 11 is 0. The lowest BCUT2D eigenvalue weighted by Crippen LogP contribution is -2.41. The molecule has 2 aromatic rings. The van der Waals surface area contributed by atoms with Crippen molar-refractivity contribution in [3.8, 4) is 5.75 Å². The van der Waals surface area contributed by atoms with Crippen LogP contribution in [0.2, 0.25) is 0 Å². The average molecular weight is 415 g/mol. The van der Waals surface area contributed by atoms with E-state index in [0.29, 0.717) is 34.0 Å². The first-order valence-electron chi connectivity index (χ1n) is 9.74. The Morgan fingerprint density at radius 1 is 1.23 bits per heavy atom.